The molecule has 2 aromatic carbocycles. The molecule has 3 aromatic rings. The van der Waals surface area contributed by atoms with Crippen LogP contribution in [0.5, 0.6) is 0 Å². The number of aliphatic hydroxyl groups is 1. The van der Waals surface area contributed by atoms with E-state index in [4.69, 9.17) is 0 Å². The minimum absolute atomic E-state index is 0.00567. The van der Waals surface area contributed by atoms with Crippen molar-refractivity contribution in [2.24, 2.45) is 5.92 Å². The van der Waals surface area contributed by atoms with Crippen LogP contribution in [0.2, 0.25) is 0 Å². The lowest BCUT2D eigenvalue weighted by molar-refractivity contribution is 0.0686. The summed E-state index contributed by atoms with van der Waals surface area (Å²) in [7, 11) is 0. The zero-order valence-corrected chi connectivity index (χ0v) is 17.2. The van der Waals surface area contributed by atoms with Gasteiger partial charge in [-0.25, -0.2) is 0 Å². The largest absolute Gasteiger partial charge is 0.392 e. The van der Waals surface area contributed by atoms with Crippen LogP contribution >= 0.6 is 0 Å². The van der Waals surface area contributed by atoms with Gasteiger partial charge in [0, 0.05) is 24.8 Å². The lowest BCUT2D eigenvalue weighted by atomic mass is 9.90. The van der Waals surface area contributed by atoms with Crippen LogP contribution in [-0.4, -0.2) is 34.0 Å². The molecule has 1 aliphatic rings. The maximum absolute atomic E-state index is 12.9. The van der Waals surface area contributed by atoms with E-state index in [1.54, 1.807) is 6.20 Å². The van der Waals surface area contributed by atoms with E-state index in [-0.39, 0.29) is 12.5 Å². The van der Waals surface area contributed by atoms with E-state index in [1.807, 2.05) is 41.3 Å². The van der Waals surface area contributed by atoms with E-state index in [0.717, 1.165) is 49.2 Å². The summed E-state index contributed by atoms with van der Waals surface area (Å²) in [5.74, 6) is 0.758. The molecular weight excluding hydrogens is 372 g/mol. The fraction of sp³-hybridized carbons (Fsp3) is 0.308. The van der Waals surface area contributed by atoms with Crippen LogP contribution in [0.25, 0.3) is 11.3 Å². The second-order valence-electron chi connectivity index (χ2n) is 8.05. The molecule has 0 unspecified atom stereocenters. The summed E-state index contributed by atoms with van der Waals surface area (Å²) >= 11 is 0. The Morgan fingerprint density at radius 3 is 2.43 bits per heavy atom. The first-order chi connectivity index (χ1) is 14.7. The number of rotatable bonds is 6. The summed E-state index contributed by atoms with van der Waals surface area (Å²) in [5, 5.41) is 9.31. The van der Waals surface area contributed by atoms with Crippen LogP contribution in [0.4, 0.5) is 0 Å². The standard InChI is InChI=1S/C26H28N2O2/c29-19-22-7-4-8-23(17-22)25-12-11-24(18-27-25)26(30)28-15-13-21(14-16-28)10-9-20-5-2-1-3-6-20/h1-8,11-12,17-18,21,29H,9-10,13-16,19H2. The van der Waals surface area contributed by atoms with Gasteiger partial charge in [-0.15, -0.1) is 0 Å². The van der Waals surface area contributed by atoms with Crippen LogP contribution in [0.15, 0.2) is 72.9 Å². The number of carbonyl (C=O) groups excluding carboxylic acids is 1. The molecule has 0 atom stereocenters. The van der Waals surface area contributed by atoms with Crippen molar-refractivity contribution >= 4 is 5.91 Å². The minimum atomic E-state index is 0.00567. The topological polar surface area (TPSA) is 53.4 Å². The third-order valence-electron chi connectivity index (χ3n) is 6.00. The number of likely N-dealkylation sites (tertiary alicyclic amines) is 1. The van der Waals surface area contributed by atoms with Crippen molar-refractivity contribution < 1.29 is 9.90 Å². The highest BCUT2D eigenvalue weighted by atomic mass is 16.3. The number of aliphatic hydroxyl groups excluding tert-OH is 1. The Hall–Kier alpha value is -2.98. The van der Waals surface area contributed by atoms with E-state index >= 15 is 0 Å². The monoisotopic (exact) mass is 400 g/mol. The Morgan fingerprint density at radius 1 is 0.967 bits per heavy atom. The highest BCUT2D eigenvalue weighted by molar-refractivity contribution is 5.94. The number of pyridine rings is 1. The molecule has 4 nitrogen and oxygen atoms in total. The number of aryl methyl sites for hydroxylation is 1. The van der Waals surface area contributed by atoms with Crippen molar-refractivity contribution in [2.45, 2.75) is 32.3 Å². The smallest absolute Gasteiger partial charge is 0.255 e. The number of nitrogens with zero attached hydrogens (tertiary/aromatic N) is 2. The number of benzene rings is 2. The molecular formula is C26H28N2O2. The predicted molar refractivity (Wildman–Crippen MR) is 119 cm³/mol. The van der Waals surface area contributed by atoms with Gasteiger partial charge in [0.25, 0.3) is 5.91 Å². The van der Waals surface area contributed by atoms with Crippen LogP contribution in [-0.2, 0) is 13.0 Å². The van der Waals surface area contributed by atoms with Gasteiger partial charge >= 0.3 is 0 Å². The fourth-order valence-electron chi connectivity index (χ4n) is 4.14. The number of hydrogen-bond donors (Lipinski definition) is 1. The average Bonchev–Trinajstić information content (AvgIpc) is 2.83. The summed E-state index contributed by atoms with van der Waals surface area (Å²) in [6.45, 7) is 1.64. The first-order valence-electron chi connectivity index (χ1n) is 10.7. The highest BCUT2D eigenvalue weighted by Gasteiger charge is 2.23. The van der Waals surface area contributed by atoms with E-state index in [2.05, 4.69) is 35.3 Å². The van der Waals surface area contributed by atoms with Crippen molar-refractivity contribution in [3.8, 4) is 11.3 Å². The molecule has 154 valence electrons. The molecule has 0 aliphatic carbocycles. The Labute approximate surface area is 178 Å². The Morgan fingerprint density at radius 2 is 1.73 bits per heavy atom. The molecule has 0 radical (unpaired) electrons. The van der Waals surface area contributed by atoms with E-state index in [9.17, 15) is 9.90 Å². The maximum Gasteiger partial charge on any atom is 0.255 e. The van der Waals surface area contributed by atoms with Crippen LogP contribution in [0, 0.1) is 5.92 Å². The maximum atomic E-state index is 12.9. The predicted octanol–water partition coefficient (Wildman–Crippen LogP) is 4.73. The lowest BCUT2D eigenvalue weighted by Gasteiger charge is -2.32. The van der Waals surface area contributed by atoms with Crippen molar-refractivity contribution in [1.82, 2.24) is 9.88 Å². The van der Waals surface area contributed by atoms with E-state index in [0.29, 0.717) is 11.5 Å². The van der Waals surface area contributed by atoms with Crippen molar-refractivity contribution in [3.05, 3.63) is 89.6 Å². The molecule has 1 N–H and O–H groups in total. The number of carbonyl (C=O) groups is 1. The van der Waals surface area contributed by atoms with E-state index in [1.165, 1.54) is 12.0 Å². The van der Waals surface area contributed by atoms with Gasteiger partial charge in [-0.2, -0.15) is 0 Å². The molecule has 0 spiro atoms. The molecule has 0 bridgehead atoms. The van der Waals surface area contributed by atoms with Gasteiger partial charge < -0.3 is 10.0 Å². The van der Waals surface area contributed by atoms with Crippen molar-refractivity contribution in [1.29, 1.82) is 0 Å². The molecule has 2 heterocycles. The molecule has 4 heteroatoms. The summed E-state index contributed by atoms with van der Waals surface area (Å²) in [6, 6.07) is 22.0. The third-order valence-corrected chi connectivity index (χ3v) is 6.00. The molecule has 30 heavy (non-hydrogen) atoms. The second kappa shape index (κ2) is 9.68. The van der Waals surface area contributed by atoms with Crippen LogP contribution in [0.3, 0.4) is 0 Å². The fourth-order valence-corrected chi connectivity index (χ4v) is 4.14. The summed E-state index contributed by atoms with van der Waals surface area (Å²) in [4.78, 5) is 19.3. The average molecular weight is 401 g/mol. The first kappa shape index (κ1) is 20.3. The van der Waals surface area contributed by atoms with Gasteiger partial charge in [-0.05, 0) is 60.9 Å². The Balaban J connectivity index is 1.31. The lowest BCUT2D eigenvalue weighted by Crippen LogP contribution is -2.38. The van der Waals surface area contributed by atoms with Crippen LogP contribution in [0.1, 0.15) is 40.7 Å². The molecule has 1 amide bonds. The van der Waals surface area contributed by atoms with Gasteiger partial charge in [-0.3, -0.25) is 9.78 Å². The van der Waals surface area contributed by atoms with Crippen molar-refractivity contribution in [3.63, 3.8) is 0 Å². The third kappa shape index (κ3) is 4.95. The number of hydrogen-bond acceptors (Lipinski definition) is 3. The Bertz CT molecular complexity index is 962. The van der Waals surface area contributed by atoms with E-state index < -0.39 is 0 Å². The zero-order valence-electron chi connectivity index (χ0n) is 17.2. The normalized spacial score (nSPS) is 14.6. The number of piperidine rings is 1. The first-order valence-corrected chi connectivity index (χ1v) is 10.7. The van der Waals surface area contributed by atoms with Gasteiger partial charge in [-0.1, -0.05) is 48.5 Å². The highest BCUT2D eigenvalue weighted by Crippen LogP contribution is 2.24. The minimum Gasteiger partial charge on any atom is -0.392 e. The van der Waals surface area contributed by atoms with Gasteiger partial charge in [0.2, 0.25) is 0 Å². The number of amides is 1. The molecule has 1 fully saturated rings. The zero-order chi connectivity index (χ0) is 20.8. The molecule has 1 saturated heterocycles. The molecule has 1 aromatic heterocycles. The SMILES string of the molecule is O=C(c1ccc(-c2cccc(CO)c2)nc1)N1CCC(CCc2ccccc2)CC1. The summed E-state index contributed by atoms with van der Waals surface area (Å²) in [5.41, 5.74) is 4.64. The summed E-state index contributed by atoms with van der Waals surface area (Å²) < 4.78 is 0. The van der Waals surface area contributed by atoms with Gasteiger partial charge in [0.15, 0.2) is 0 Å². The van der Waals surface area contributed by atoms with Gasteiger partial charge in [0.1, 0.15) is 0 Å². The number of aromatic nitrogens is 1. The second-order valence-corrected chi connectivity index (χ2v) is 8.05. The Kier molecular flexibility index (Phi) is 6.55. The van der Waals surface area contributed by atoms with Crippen LogP contribution < -0.4 is 0 Å². The summed E-state index contributed by atoms with van der Waals surface area (Å²) in [6.07, 6.45) is 6.11. The van der Waals surface area contributed by atoms with Crippen molar-refractivity contribution in [2.75, 3.05) is 13.1 Å². The van der Waals surface area contributed by atoms with Gasteiger partial charge in [0.05, 0.1) is 17.9 Å². The molecule has 1 aliphatic heterocycles. The molecule has 0 saturated carbocycles. The quantitative estimate of drug-likeness (QED) is 0.651. The molecule has 4 rings (SSSR count).